The molecule has 3 rings (SSSR count). The van der Waals surface area contributed by atoms with Gasteiger partial charge in [0.05, 0.1) is 13.5 Å². The lowest BCUT2D eigenvalue weighted by Crippen LogP contribution is -1.97. The first kappa shape index (κ1) is 17.0. The molecule has 0 spiro atoms. The predicted molar refractivity (Wildman–Crippen MR) is 94.9 cm³/mol. The highest BCUT2D eigenvalue weighted by atomic mass is 35.5. The van der Waals surface area contributed by atoms with Crippen molar-refractivity contribution in [1.29, 1.82) is 0 Å². The number of rotatable bonds is 6. The zero-order valence-corrected chi connectivity index (χ0v) is 14.3. The van der Waals surface area contributed by atoms with E-state index < -0.39 is 5.97 Å². The summed E-state index contributed by atoms with van der Waals surface area (Å²) in [5, 5.41) is 9.58. The van der Waals surface area contributed by atoms with Crippen LogP contribution in [0.15, 0.2) is 52.9 Å². The molecule has 0 unspecified atom stereocenters. The minimum absolute atomic E-state index is 0.0299. The molecule has 0 saturated heterocycles. The third-order valence-electron chi connectivity index (χ3n) is 3.72. The van der Waals surface area contributed by atoms with Gasteiger partial charge in [-0.15, -0.1) is 0 Å². The van der Waals surface area contributed by atoms with Crippen LogP contribution < -0.4 is 4.74 Å². The molecule has 1 heterocycles. The van der Waals surface area contributed by atoms with Gasteiger partial charge in [0.15, 0.2) is 0 Å². The molecule has 0 aliphatic carbocycles. The van der Waals surface area contributed by atoms with Crippen LogP contribution in [-0.4, -0.2) is 23.2 Å². The maximum atomic E-state index is 10.9. The summed E-state index contributed by atoms with van der Waals surface area (Å²) < 4.78 is 11.0. The Morgan fingerprint density at radius 3 is 2.36 bits per heavy atom. The number of ether oxygens (including phenoxy) is 1. The van der Waals surface area contributed by atoms with Crippen molar-refractivity contribution in [2.24, 2.45) is 0 Å². The highest BCUT2D eigenvalue weighted by Crippen LogP contribution is 2.31. The topological polar surface area (TPSA) is 72.6 Å². The van der Waals surface area contributed by atoms with Crippen LogP contribution in [0, 0.1) is 0 Å². The third kappa shape index (κ3) is 4.00. The second kappa shape index (κ2) is 7.40. The van der Waals surface area contributed by atoms with Crippen molar-refractivity contribution in [2.75, 3.05) is 7.11 Å². The van der Waals surface area contributed by atoms with E-state index in [1.807, 2.05) is 36.4 Å². The Bertz CT molecular complexity index is 869. The van der Waals surface area contributed by atoms with Crippen LogP contribution in [0.25, 0.3) is 22.7 Å². The molecule has 1 N–H and O–H groups in total. The lowest BCUT2D eigenvalue weighted by atomic mass is 10.1. The molecule has 0 aliphatic heterocycles. The van der Waals surface area contributed by atoms with Crippen molar-refractivity contribution in [3.8, 4) is 28.5 Å². The van der Waals surface area contributed by atoms with Crippen LogP contribution in [-0.2, 0) is 11.2 Å². The minimum Gasteiger partial charge on any atom is -0.497 e. The summed E-state index contributed by atoms with van der Waals surface area (Å²) in [5.41, 5.74) is 2.25. The zero-order valence-electron chi connectivity index (χ0n) is 13.5. The molecule has 0 amide bonds. The first-order chi connectivity index (χ1) is 12.1. The van der Waals surface area contributed by atoms with Gasteiger partial charge in [-0.2, -0.15) is 0 Å². The molecule has 128 valence electrons. The van der Waals surface area contributed by atoms with E-state index in [9.17, 15) is 4.79 Å². The number of benzene rings is 2. The molecule has 0 radical (unpaired) electrons. The van der Waals surface area contributed by atoms with Gasteiger partial charge in [-0.1, -0.05) is 23.7 Å². The lowest BCUT2D eigenvalue weighted by molar-refractivity contribution is -0.137. The molecule has 6 heteroatoms. The summed E-state index contributed by atoms with van der Waals surface area (Å²) in [7, 11) is 1.60. The molecule has 1 aromatic heterocycles. The van der Waals surface area contributed by atoms with Crippen molar-refractivity contribution in [3.63, 3.8) is 0 Å². The fraction of sp³-hybridized carbons (Fsp3) is 0.158. The molecule has 0 fully saturated rings. The van der Waals surface area contributed by atoms with E-state index in [1.165, 1.54) is 0 Å². The van der Waals surface area contributed by atoms with E-state index in [2.05, 4.69) is 4.98 Å². The Labute approximate surface area is 149 Å². The van der Waals surface area contributed by atoms with Gasteiger partial charge in [-0.25, -0.2) is 4.98 Å². The number of hydrogen-bond acceptors (Lipinski definition) is 4. The van der Waals surface area contributed by atoms with E-state index in [0.717, 1.165) is 16.9 Å². The number of carboxylic acid groups (broad SMARTS) is 1. The summed E-state index contributed by atoms with van der Waals surface area (Å²) in [6.45, 7) is 0. The molecule has 0 atom stereocenters. The second-order valence-electron chi connectivity index (χ2n) is 5.42. The summed E-state index contributed by atoms with van der Waals surface area (Å²) in [4.78, 5) is 15.5. The maximum Gasteiger partial charge on any atom is 0.303 e. The Morgan fingerprint density at radius 1 is 1.12 bits per heavy atom. The molecule has 5 nitrogen and oxygen atoms in total. The summed E-state index contributed by atoms with van der Waals surface area (Å²) in [6, 6.07) is 14.5. The van der Waals surface area contributed by atoms with E-state index in [0.29, 0.717) is 22.4 Å². The van der Waals surface area contributed by atoms with Crippen LogP contribution in [0.3, 0.4) is 0 Å². The van der Waals surface area contributed by atoms with Gasteiger partial charge in [-0.3, -0.25) is 4.79 Å². The Morgan fingerprint density at radius 2 is 1.76 bits per heavy atom. The monoisotopic (exact) mass is 357 g/mol. The number of aryl methyl sites for hydroxylation is 1. The molecule has 2 aromatic carbocycles. The Balaban J connectivity index is 2.00. The van der Waals surface area contributed by atoms with Crippen molar-refractivity contribution in [1.82, 2.24) is 4.98 Å². The van der Waals surface area contributed by atoms with Crippen LogP contribution in [0.4, 0.5) is 0 Å². The van der Waals surface area contributed by atoms with Gasteiger partial charge in [0.1, 0.15) is 17.2 Å². The SMILES string of the molecule is COc1ccc(-c2nc(-c3ccc(Cl)cc3)c(CCC(=O)O)o2)cc1. The highest BCUT2D eigenvalue weighted by molar-refractivity contribution is 6.30. The van der Waals surface area contributed by atoms with Crippen molar-refractivity contribution < 1.29 is 19.1 Å². The van der Waals surface area contributed by atoms with Gasteiger partial charge >= 0.3 is 5.97 Å². The maximum absolute atomic E-state index is 10.9. The minimum atomic E-state index is -0.885. The summed E-state index contributed by atoms with van der Waals surface area (Å²) in [6.07, 6.45) is 0.230. The van der Waals surface area contributed by atoms with E-state index in [-0.39, 0.29) is 12.8 Å². The van der Waals surface area contributed by atoms with Crippen molar-refractivity contribution >= 4 is 17.6 Å². The Kier molecular flexibility index (Phi) is 5.05. The number of nitrogens with zero attached hydrogens (tertiary/aromatic N) is 1. The van der Waals surface area contributed by atoms with Crippen LogP contribution in [0.2, 0.25) is 5.02 Å². The second-order valence-corrected chi connectivity index (χ2v) is 5.86. The first-order valence-electron chi connectivity index (χ1n) is 7.68. The Hall–Kier alpha value is -2.79. The summed E-state index contributed by atoms with van der Waals surface area (Å²) >= 11 is 5.94. The van der Waals surface area contributed by atoms with E-state index >= 15 is 0 Å². The van der Waals surface area contributed by atoms with Gasteiger partial charge in [0.25, 0.3) is 0 Å². The van der Waals surface area contributed by atoms with Crippen LogP contribution in [0.1, 0.15) is 12.2 Å². The largest absolute Gasteiger partial charge is 0.497 e. The van der Waals surface area contributed by atoms with Crippen LogP contribution >= 0.6 is 11.6 Å². The molecule has 25 heavy (non-hydrogen) atoms. The highest BCUT2D eigenvalue weighted by Gasteiger charge is 2.17. The first-order valence-corrected chi connectivity index (χ1v) is 8.06. The number of carboxylic acids is 1. The number of methoxy groups -OCH3 is 1. The summed E-state index contributed by atoms with van der Waals surface area (Å²) in [5.74, 6) is 0.826. The van der Waals surface area contributed by atoms with Crippen molar-refractivity contribution in [2.45, 2.75) is 12.8 Å². The molecule has 0 aliphatic rings. The molecular formula is C19H16ClNO4. The van der Waals surface area contributed by atoms with Gasteiger partial charge in [0, 0.05) is 22.6 Å². The molecule has 0 saturated carbocycles. The average Bonchev–Trinajstić information content (AvgIpc) is 3.05. The normalized spacial score (nSPS) is 10.6. The van der Waals surface area contributed by atoms with E-state index in [4.69, 9.17) is 25.9 Å². The van der Waals surface area contributed by atoms with Gasteiger partial charge < -0.3 is 14.3 Å². The number of hydrogen-bond donors (Lipinski definition) is 1. The number of oxazole rings is 1. The number of carbonyl (C=O) groups is 1. The quantitative estimate of drug-likeness (QED) is 0.693. The fourth-order valence-electron chi connectivity index (χ4n) is 2.43. The standard InChI is InChI=1S/C19H16ClNO4/c1-24-15-8-4-13(5-9-15)19-21-18(12-2-6-14(20)7-3-12)16(25-19)10-11-17(22)23/h2-9H,10-11H2,1H3,(H,22,23). The van der Waals surface area contributed by atoms with E-state index in [1.54, 1.807) is 19.2 Å². The van der Waals surface area contributed by atoms with Crippen molar-refractivity contribution in [3.05, 3.63) is 59.3 Å². The predicted octanol–water partition coefficient (Wildman–Crippen LogP) is 4.69. The van der Waals surface area contributed by atoms with Gasteiger partial charge in [0.2, 0.25) is 5.89 Å². The van der Waals surface area contributed by atoms with Crippen LogP contribution in [0.5, 0.6) is 5.75 Å². The average molecular weight is 358 g/mol. The number of halogens is 1. The molecule has 3 aromatic rings. The molecular weight excluding hydrogens is 342 g/mol. The number of aromatic nitrogens is 1. The third-order valence-corrected chi connectivity index (χ3v) is 3.97. The molecule has 0 bridgehead atoms. The lowest BCUT2D eigenvalue weighted by Gasteiger charge is -2.00. The zero-order chi connectivity index (χ0) is 17.8. The number of aliphatic carboxylic acids is 1. The fourth-order valence-corrected chi connectivity index (χ4v) is 2.56. The van der Waals surface area contributed by atoms with Gasteiger partial charge in [-0.05, 0) is 36.4 Å². The smallest absolute Gasteiger partial charge is 0.303 e.